The number of methoxy groups -OCH3 is 1. The first-order valence-corrected chi connectivity index (χ1v) is 6.17. The Bertz CT molecular complexity index is 475. The molecular weight excluding hydrogens is 250 g/mol. The van der Waals surface area contributed by atoms with Crippen LogP contribution < -0.4 is 5.32 Å². The number of rotatable bonds is 7. The van der Waals surface area contributed by atoms with Crippen LogP contribution in [0, 0.1) is 5.41 Å². The van der Waals surface area contributed by atoms with Crippen LogP contribution in [0.25, 0.3) is 0 Å². The van der Waals surface area contributed by atoms with Gasteiger partial charge in [-0.3, -0.25) is 4.79 Å². The molecule has 2 rings (SSSR count). The lowest BCUT2D eigenvalue weighted by atomic mass is 10.0. The van der Waals surface area contributed by atoms with Crippen LogP contribution in [0.4, 0.5) is 0 Å². The van der Waals surface area contributed by atoms with Gasteiger partial charge in [0.05, 0.1) is 12.0 Å². The molecule has 2 N–H and O–H groups in total. The number of furan rings is 1. The van der Waals surface area contributed by atoms with E-state index < -0.39 is 5.97 Å². The van der Waals surface area contributed by atoms with E-state index in [9.17, 15) is 9.59 Å². The van der Waals surface area contributed by atoms with Gasteiger partial charge in [-0.1, -0.05) is 0 Å². The van der Waals surface area contributed by atoms with Crippen molar-refractivity contribution in [3.63, 3.8) is 0 Å². The number of nitrogens with one attached hydrogen (secondary N) is 1. The van der Waals surface area contributed by atoms with Gasteiger partial charge in [0.25, 0.3) is 0 Å². The Kier molecular flexibility index (Phi) is 3.90. The topological polar surface area (TPSA) is 88.8 Å². The standard InChI is InChI=1S/C13H17NO5/c1-18-7-6-13(4-5-13)12(17)14-8-9-2-3-10(19-9)11(15)16/h2-3H,4-8H2,1H3,(H,14,17)(H,15,16). The summed E-state index contributed by atoms with van der Waals surface area (Å²) in [7, 11) is 1.62. The minimum absolute atomic E-state index is 0.0159. The molecule has 1 saturated carbocycles. The van der Waals surface area contributed by atoms with E-state index in [1.807, 2.05) is 0 Å². The van der Waals surface area contributed by atoms with Crippen LogP contribution in [-0.2, 0) is 16.1 Å². The zero-order chi connectivity index (χ0) is 13.9. The van der Waals surface area contributed by atoms with Crippen LogP contribution in [0.15, 0.2) is 16.5 Å². The SMILES string of the molecule is COCCC1(C(=O)NCc2ccc(C(=O)O)o2)CC1. The maximum absolute atomic E-state index is 12.0. The lowest BCUT2D eigenvalue weighted by molar-refractivity contribution is -0.127. The van der Waals surface area contributed by atoms with Crippen molar-refractivity contribution in [2.24, 2.45) is 5.41 Å². The zero-order valence-electron chi connectivity index (χ0n) is 10.8. The summed E-state index contributed by atoms with van der Waals surface area (Å²) in [4.78, 5) is 22.7. The normalized spacial score (nSPS) is 16.1. The van der Waals surface area contributed by atoms with Crippen molar-refractivity contribution in [2.45, 2.75) is 25.8 Å². The number of aromatic carboxylic acids is 1. The molecule has 1 aliphatic carbocycles. The summed E-state index contributed by atoms with van der Waals surface area (Å²) in [6.07, 6.45) is 2.47. The Labute approximate surface area is 110 Å². The highest BCUT2D eigenvalue weighted by atomic mass is 16.5. The molecule has 1 heterocycles. The van der Waals surface area contributed by atoms with Crippen LogP contribution >= 0.6 is 0 Å². The van der Waals surface area contributed by atoms with Gasteiger partial charge < -0.3 is 19.6 Å². The lowest BCUT2D eigenvalue weighted by Gasteiger charge is -2.13. The summed E-state index contributed by atoms with van der Waals surface area (Å²) >= 11 is 0. The maximum Gasteiger partial charge on any atom is 0.371 e. The Balaban J connectivity index is 1.84. The molecule has 0 atom stereocenters. The Morgan fingerprint density at radius 1 is 1.47 bits per heavy atom. The van der Waals surface area contributed by atoms with Crippen LogP contribution in [0.1, 0.15) is 35.6 Å². The summed E-state index contributed by atoms with van der Waals surface area (Å²) in [5.41, 5.74) is -0.293. The van der Waals surface area contributed by atoms with Crippen molar-refractivity contribution < 1.29 is 23.8 Å². The van der Waals surface area contributed by atoms with Gasteiger partial charge >= 0.3 is 5.97 Å². The maximum atomic E-state index is 12.0. The van der Waals surface area contributed by atoms with Crippen LogP contribution in [-0.4, -0.2) is 30.7 Å². The first-order chi connectivity index (χ1) is 9.07. The van der Waals surface area contributed by atoms with Gasteiger partial charge in [-0.2, -0.15) is 0 Å². The minimum atomic E-state index is -1.11. The van der Waals surface area contributed by atoms with Gasteiger partial charge in [-0.25, -0.2) is 4.79 Å². The fourth-order valence-electron chi connectivity index (χ4n) is 1.98. The average molecular weight is 267 g/mol. The number of amides is 1. The van der Waals surface area contributed by atoms with Crippen molar-refractivity contribution in [3.05, 3.63) is 23.7 Å². The lowest BCUT2D eigenvalue weighted by Crippen LogP contribution is -2.32. The first kappa shape index (κ1) is 13.6. The summed E-state index contributed by atoms with van der Waals surface area (Å²) in [5, 5.41) is 11.5. The molecule has 104 valence electrons. The van der Waals surface area contributed by atoms with Gasteiger partial charge in [-0.05, 0) is 31.4 Å². The smallest absolute Gasteiger partial charge is 0.371 e. The van der Waals surface area contributed by atoms with E-state index in [-0.39, 0.29) is 23.6 Å². The predicted octanol–water partition coefficient (Wildman–Crippen LogP) is 1.41. The molecule has 19 heavy (non-hydrogen) atoms. The van der Waals surface area contributed by atoms with E-state index in [4.69, 9.17) is 14.3 Å². The number of carboxylic acids is 1. The summed E-state index contributed by atoms with van der Waals surface area (Å²) in [5.74, 6) is -0.813. The number of carbonyl (C=O) groups is 2. The van der Waals surface area contributed by atoms with Crippen molar-refractivity contribution in [1.29, 1.82) is 0 Å². The highest BCUT2D eigenvalue weighted by Crippen LogP contribution is 2.48. The Hall–Kier alpha value is -1.82. The molecule has 1 amide bonds. The van der Waals surface area contributed by atoms with Crippen molar-refractivity contribution in [3.8, 4) is 0 Å². The van der Waals surface area contributed by atoms with Crippen molar-refractivity contribution >= 4 is 11.9 Å². The van der Waals surface area contributed by atoms with Gasteiger partial charge in [0.2, 0.25) is 11.7 Å². The van der Waals surface area contributed by atoms with Crippen LogP contribution in [0.5, 0.6) is 0 Å². The highest BCUT2D eigenvalue weighted by Gasteiger charge is 2.48. The van der Waals surface area contributed by atoms with E-state index in [1.54, 1.807) is 13.2 Å². The van der Waals surface area contributed by atoms with Crippen molar-refractivity contribution in [2.75, 3.05) is 13.7 Å². The second-order valence-corrected chi connectivity index (χ2v) is 4.78. The summed E-state index contributed by atoms with van der Waals surface area (Å²) < 4.78 is 10.1. The molecule has 0 unspecified atom stereocenters. The highest BCUT2D eigenvalue weighted by molar-refractivity contribution is 5.85. The molecule has 0 aliphatic heterocycles. The first-order valence-electron chi connectivity index (χ1n) is 6.17. The molecule has 6 heteroatoms. The molecule has 0 saturated heterocycles. The van der Waals surface area contributed by atoms with E-state index in [0.717, 1.165) is 12.8 Å². The molecule has 6 nitrogen and oxygen atoms in total. The number of hydrogen-bond acceptors (Lipinski definition) is 4. The molecule has 0 bridgehead atoms. The monoisotopic (exact) mass is 267 g/mol. The molecule has 1 aromatic heterocycles. The zero-order valence-corrected chi connectivity index (χ0v) is 10.8. The Morgan fingerprint density at radius 3 is 2.74 bits per heavy atom. The number of hydrogen-bond donors (Lipinski definition) is 2. The van der Waals surface area contributed by atoms with E-state index in [1.165, 1.54) is 6.07 Å². The van der Waals surface area contributed by atoms with E-state index in [2.05, 4.69) is 5.32 Å². The third-order valence-corrected chi connectivity index (χ3v) is 3.42. The number of carboxylic acid groups (broad SMARTS) is 1. The molecule has 1 aromatic rings. The van der Waals surface area contributed by atoms with E-state index in [0.29, 0.717) is 18.8 Å². The molecule has 1 fully saturated rings. The fraction of sp³-hybridized carbons (Fsp3) is 0.538. The average Bonchev–Trinajstić information content (AvgIpc) is 3.03. The third-order valence-electron chi connectivity index (χ3n) is 3.42. The van der Waals surface area contributed by atoms with Crippen LogP contribution in [0.3, 0.4) is 0 Å². The second kappa shape index (κ2) is 5.44. The molecular formula is C13H17NO5. The van der Waals surface area contributed by atoms with Gasteiger partial charge in [-0.15, -0.1) is 0 Å². The van der Waals surface area contributed by atoms with Gasteiger partial charge in [0, 0.05) is 13.7 Å². The molecule has 0 spiro atoms. The summed E-state index contributed by atoms with van der Waals surface area (Å²) in [6, 6.07) is 2.93. The predicted molar refractivity (Wildman–Crippen MR) is 65.7 cm³/mol. The number of carbonyl (C=O) groups excluding carboxylic acids is 1. The summed E-state index contributed by atoms with van der Waals surface area (Å²) in [6.45, 7) is 0.776. The number of ether oxygens (including phenoxy) is 1. The fourth-order valence-corrected chi connectivity index (χ4v) is 1.98. The molecule has 0 radical (unpaired) electrons. The third kappa shape index (κ3) is 3.14. The van der Waals surface area contributed by atoms with Crippen LogP contribution in [0.2, 0.25) is 0 Å². The molecule has 1 aliphatic rings. The van der Waals surface area contributed by atoms with E-state index >= 15 is 0 Å². The second-order valence-electron chi connectivity index (χ2n) is 4.78. The Morgan fingerprint density at radius 2 is 2.21 bits per heavy atom. The quantitative estimate of drug-likeness (QED) is 0.779. The largest absolute Gasteiger partial charge is 0.475 e. The van der Waals surface area contributed by atoms with Gasteiger partial charge in [0.15, 0.2) is 0 Å². The van der Waals surface area contributed by atoms with Gasteiger partial charge in [0.1, 0.15) is 5.76 Å². The minimum Gasteiger partial charge on any atom is -0.475 e. The van der Waals surface area contributed by atoms with Crippen molar-refractivity contribution in [1.82, 2.24) is 5.32 Å². The molecule has 0 aromatic carbocycles.